The van der Waals surface area contributed by atoms with Crippen molar-refractivity contribution in [2.75, 3.05) is 54.1 Å². The van der Waals surface area contributed by atoms with E-state index in [0.717, 1.165) is 37.4 Å². The number of para-hydroxylation sites is 1. The van der Waals surface area contributed by atoms with Gasteiger partial charge in [0.05, 0.1) is 17.6 Å². The lowest BCUT2D eigenvalue weighted by atomic mass is 10.1. The van der Waals surface area contributed by atoms with Gasteiger partial charge in [-0.2, -0.15) is 4.98 Å². The Morgan fingerprint density at radius 2 is 1.82 bits per heavy atom. The fourth-order valence-electron chi connectivity index (χ4n) is 3.70. The third-order valence-electron chi connectivity index (χ3n) is 5.70. The summed E-state index contributed by atoms with van der Waals surface area (Å²) in [6.45, 7) is 9.61. The molecule has 4 rings (SSSR count). The van der Waals surface area contributed by atoms with Crippen LogP contribution in [0.15, 0.2) is 61.3 Å². The van der Waals surface area contributed by atoms with Crippen LogP contribution >= 0.6 is 11.6 Å². The van der Waals surface area contributed by atoms with Gasteiger partial charge < -0.3 is 25.8 Å². The number of amides is 1. The van der Waals surface area contributed by atoms with Crippen LogP contribution in [0.2, 0.25) is 5.02 Å². The first-order valence-corrected chi connectivity index (χ1v) is 11.4. The molecule has 1 aliphatic heterocycles. The van der Waals surface area contributed by atoms with Crippen LogP contribution in [0.1, 0.15) is 5.56 Å². The summed E-state index contributed by atoms with van der Waals surface area (Å²) in [4.78, 5) is 25.4. The molecule has 0 bridgehead atoms. The zero-order valence-electron chi connectivity index (χ0n) is 19.3. The van der Waals surface area contributed by atoms with Crippen LogP contribution in [-0.4, -0.2) is 54.0 Å². The second kappa shape index (κ2) is 10.5. The number of piperazine rings is 1. The maximum absolute atomic E-state index is 11.8. The van der Waals surface area contributed by atoms with Gasteiger partial charge in [0, 0.05) is 37.6 Å². The van der Waals surface area contributed by atoms with E-state index < -0.39 is 0 Å². The number of nitrogens with zero attached hydrogens (tertiary/aromatic N) is 4. The molecule has 2 heterocycles. The van der Waals surface area contributed by atoms with Crippen molar-refractivity contribution < 1.29 is 4.79 Å². The predicted molar refractivity (Wildman–Crippen MR) is 140 cm³/mol. The third-order valence-corrected chi connectivity index (χ3v) is 5.97. The smallest absolute Gasteiger partial charge is 0.247 e. The van der Waals surface area contributed by atoms with Gasteiger partial charge in [-0.1, -0.05) is 30.3 Å². The van der Waals surface area contributed by atoms with Crippen LogP contribution < -0.4 is 20.9 Å². The average Bonchev–Trinajstić information content (AvgIpc) is 2.84. The van der Waals surface area contributed by atoms with E-state index in [1.807, 2.05) is 31.2 Å². The SMILES string of the molecule is C=CC(=O)Nc1cccc(C)c1Nc1nc(Nc2ccc(N3CCN(C)CC3)cc2)ncc1Cl. The molecule has 176 valence electrons. The number of halogens is 1. The predicted octanol–water partition coefficient (Wildman–Crippen LogP) is 4.80. The van der Waals surface area contributed by atoms with E-state index in [1.54, 1.807) is 6.07 Å². The van der Waals surface area contributed by atoms with Crippen LogP contribution in [0.5, 0.6) is 0 Å². The fourth-order valence-corrected chi connectivity index (χ4v) is 3.84. The van der Waals surface area contributed by atoms with Gasteiger partial charge >= 0.3 is 0 Å². The molecule has 1 fully saturated rings. The van der Waals surface area contributed by atoms with Gasteiger partial charge in [0.15, 0.2) is 5.82 Å². The monoisotopic (exact) mass is 477 g/mol. The molecule has 8 nitrogen and oxygen atoms in total. The van der Waals surface area contributed by atoms with Gasteiger partial charge in [-0.05, 0) is 55.9 Å². The van der Waals surface area contributed by atoms with E-state index in [4.69, 9.17) is 11.6 Å². The molecule has 9 heteroatoms. The Morgan fingerprint density at radius 3 is 2.53 bits per heavy atom. The second-order valence-corrected chi connectivity index (χ2v) is 8.58. The fraction of sp³-hybridized carbons (Fsp3) is 0.240. The summed E-state index contributed by atoms with van der Waals surface area (Å²) < 4.78 is 0. The first-order chi connectivity index (χ1) is 16.4. The van der Waals surface area contributed by atoms with Crippen molar-refractivity contribution in [3.8, 4) is 0 Å². The van der Waals surface area contributed by atoms with Crippen molar-refractivity contribution in [1.29, 1.82) is 0 Å². The number of carbonyl (C=O) groups is 1. The zero-order valence-corrected chi connectivity index (χ0v) is 20.1. The summed E-state index contributed by atoms with van der Waals surface area (Å²) >= 11 is 6.38. The summed E-state index contributed by atoms with van der Waals surface area (Å²) in [5, 5.41) is 9.64. The molecule has 1 amide bonds. The van der Waals surface area contributed by atoms with Gasteiger partial charge in [-0.3, -0.25) is 4.79 Å². The maximum Gasteiger partial charge on any atom is 0.247 e. The summed E-state index contributed by atoms with van der Waals surface area (Å²) in [7, 11) is 2.15. The minimum absolute atomic E-state index is 0.301. The Labute approximate surface area is 204 Å². The number of hydrogen-bond donors (Lipinski definition) is 3. The van der Waals surface area contributed by atoms with E-state index >= 15 is 0 Å². The highest BCUT2D eigenvalue weighted by atomic mass is 35.5. The Balaban J connectivity index is 1.50. The number of carbonyl (C=O) groups excluding carboxylic acids is 1. The largest absolute Gasteiger partial charge is 0.369 e. The van der Waals surface area contributed by atoms with Gasteiger partial charge in [0.25, 0.3) is 0 Å². The Morgan fingerprint density at radius 1 is 1.09 bits per heavy atom. The molecule has 0 unspecified atom stereocenters. The summed E-state index contributed by atoms with van der Waals surface area (Å²) in [6.07, 6.45) is 2.76. The lowest BCUT2D eigenvalue weighted by Crippen LogP contribution is -2.44. The highest BCUT2D eigenvalue weighted by Gasteiger charge is 2.15. The summed E-state index contributed by atoms with van der Waals surface area (Å²) in [5.41, 5.74) is 4.30. The molecule has 34 heavy (non-hydrogen) atoms. The van der Waals surface area contributed by atoms with Gasteiger partial charge in [-0.25, -0.2) is 4.98 Å². The molecule has 2 aromatic carbocycles. The summed E-state index contributed by atoms with van der Waals surface area (Å²) in [5.74, 6) is 0.533. The normalized spacial score (nSPS) is 13.9. The van der Waals surface area contributed by atoms with E-state index in [1.165, 1.54) is 18.0 Å². The molecule has 0 radical (unpaired) electrons. The average molecular weight is 478 g/mol. The van der Waals surface area contributed by atoms with Crippen molar-refractivity contribution in [2.45, 2.75) is 6.92 Å². The number of likely N-dealkylation sites (N-methyl/N-ethyl adjacent to an activating group) is 1. The number of anilines is 6. The van der Waals surface area contributed by atoms with Crippen LogP contribution in [0.4, 0.5) is 34.5 Å². The molecular formula is C25H28ClN7O. The van der Waals surface area contributed by atoms with Crippen molar-refractivity contribution >= 4 is 52.0 Å². The quantitative estimate of drug-likeness (QED) is 0.421. The molecule has 3 aromatic rings. The standard InChI is InChI=1S/C25H28ClN7O/c1-4-22(34)29-21-7-5-6-17(2)23(21)30-24-20(26)16-27-25(31-24)28-18-8-10-19(11-9-18)33-14-12-32(3)13-15-33/h4-11,16H,1,12-15H2,2-3H3,(H,29,34)(H2,27,28,30,31). The molecule has 0 saturated carbocycles. The Kier molecular flexibility index (Phi) is 7.30. The zero-order chi connectivity index (χ0) is 24.1. The van der Waals surface area contributed by atoms with Crippen molar-refractivity contribution in [3.63, 3.8) is 0 Å². The van der Waals surface area contributed by atoms with E-state index in [9.17, 15) is 4.79 Å². The molecule has 0 atom stereocenters. The topological polar surface area (TPSA) is 85.4 Å². The number of benzene rings is 2. The van der Waals surface area contributed by atoms with E-state index in [0.29, 0.717) is 28.2 Å². The minimum Gasteiger partial charge on any atom is -0.369 e. The number of aryl methyl sites for hydroxylation is 1. The minimum atomic E-state index is -0.301. The van der Waals surface area contributed by atoms with E-state index in [-0.39, 0.29) is 5.91 Å². The lowest BCUT2D eigenvalue weighted by molar-refractivity contribution is -0.111. The number of rotatable bonds is 7. The maximum atomic E-state index is 11.8. The third kappa shape index (κ3) is 5.65. The van der Waals surface area contributed by atoms with Gasteiger partial charge in [0.1, 0.15) is 5.02 Å². The Bertz CT molecular complexity index is 1170. The highest BCUT2D eigenvalue weighted by molar-refractivity contribution is 6.33. The van der Waals surface area contributed by atoms with Crippen LogP contribution in [0, 0.1) is 6.92 Å². The molecule has 1 saturated heterocycles. The Hall–Kier alpha value is -3.62. The van der Waals surface area contributed by atoms with E-state index in [2.05, 4.69) is 61.5 Å². The molecule has 1 aliphatic rings. The molecule has 1 aromatic heterocycles. The molecule has 0 aliphatic carbocycles. The van der Waals surface area contributed by atoms with Gasteiger partial charge in [-0.15, -0.1) is 0 Å². The van der Waals surface area contributed by atoms with Crippen molar-refractivity contribution in [2.24, 2.45) is 0 Å². The van der Waals surface area contributed by atoms with Crippen LogP contribution in [0.3, 0.4) is 0 Å². The summed E-state index contributed by atoms with van der Waals surface area (Å²) in [6, 6.07) is 13.8. The second-order valence-electron chi connectivity index (χ2n) is 8.17. The first kappa shape index (κ1) is 23.5. The first-order valence-electron chi connectivity index (χ1n) is 11.1. The van der Waals surface area contributed by atoms with Crippen LogP contribution in [-0.2, 0) is 4.79 Å². The highest BCUT2D eigenvalue weighted by Crippen LogP contribution is 2.32. The van der Waals surface area contributed by atoms with Crippen molar-refractivity contribution in [1.82, 2.24) is 14.9 Å². The lowest BCUT2D eigenvalue weighted by Gasteiger charge is -2.34. The molecule has 3 N–H and O–H groups in total. The molecular weight excluding hydrogens is 450 g/mol. The molecule has 0 spiro atoms. The van der Waals surface area contributed by atoms with Gasteiger partial charge in [0.2, 0.25) is 11.9 Å². The number of hydrogen-bond acceptors (Lipinski definition) is 7. The number of aromatic nitrogens is 2. The number of nitrogens with one attached hydrogen (secondary N) is 3. The van der Waals surface area contributed by atoms with Crippen molar-refractivity contribution in [3.05, 3.63) is 71.9 Å². The van der Waals surface area contributed by atoms with Crippen LogP contribution in [0.25, 0.3) is 0 Å².